The van der Waals surface area contributed by atoms with Crippen LogP contribution in [0.3, 0.4) is 0 Å². The van der Waals surface area contributed by atoms with Gasteiger partial charge in [0.2, 0.25) is 0 Å². The first-order chi connectivity index (χ1) is 4.72. The molecule has 0 aromatic carbocycles. The van der Waals surface area contributed by atoms with Crippen LogP contribution in [0.25, 0.3) is 10.4 Å². The first-order valence-corrected chi connectivity index (χ1v) is 2.60. The van der Waals surface area contributed by atoms with Gasteiger partial charge in [-0.05, 0) is 12.0 Å². The Bertz CT molecular complexity index is 181. The maximum atomic E-state index is 10.2. The van der Waals surface area contributed by atoms with Gasteiger partial charge in [0.25, 0.3) is 0 Å². The Labute approximate surface area is 57.6 Å². The molecule has 0 amide bonds. The van der Waals surface area contributed by atoms with E-state index in [9.17, 15) is 4.79 Å². The van der Waals surface area contributed by atoms with Gasteiger partial charge >= 0.3 is 5.97 Å². The Balaban J connectivity index is 4.10. The molecular weight excluding hydrogens is 134 g/mol. The summed E-state index contributed by atoms with van der Waals surface area (Å²) < 4.78 is 0. The van der Waals surface area contributed by atoms with Gasteiger partial charge < -0.3 is 5.11 Å². The molecule has 0 aliphatic heterocycles. The van der Waals surface area contributed by atoms with E-state index in [1.54, 1.807) is 0 Å². The number of carboxylic acids is 1. The standard InChI is InChI=1S/C5H7N3O2/c1-2-3-4(5(9)10)7-8-6/h2,4H,1,3H2,(H,9,10). The zero-order chi connectivity index (χ0) is 7.98. The molecule has 0 spiro atoms. The van der Waals surface area contributed by atoms with Crippen molar-refractivity contribution >= 4 is 5.97 Å². The van der Waals surface area contributed by atoms with Gasteiger partial charge in [0.05, 0.1) is 0 Å². The van der Waals surface area contributed by atoms with Crippen LogP contribution < -0.4 is 0 Å². The Kier molecular flexibility index (Phi) is 3.75. The second-order valence-electron chi connectivity index (χ2n) is 1.58. The summed E-state index contributed by atoms with van der Waals surface area (Å²) in [6, 6.07) is -1.01. The summed E-state index contributed by atoms with van der Waals surface area (Å²) in [4.78, 5) is 12.5. The highest BCUT2D eigenvalue weighted by molar-refractivity contribution is 5.73. The van der Waals surface area contributed by atoms with Gasteiger partial charge in [-0.2, -0.15) is 0 Å². The average molecular weight is 141 g/mol. The molecule has 1 unspecified atom stereocenters. The molecule has 0 aliphatic carbocycles. The highest BCUT2D eigenvalue weighted by Gasteiger charge is 2.11. The van der Waals surface area contributed by atoms with Crippen LogP contribution in [0.4, 0.5) is 0 Å². The summed E-state index contributed by atoms with van der Waals surface area (Å²) in [6.07, 6.45) is 1.56. The molecule has 54 valence electrons. The number of carbonyl (C=O) groups is 1. The fourth-order valence-electron chi connectivity index (χ4n) is 0.418. The second kappa shape index (κ2) is 4.40. The number of hydrogen-bond donors (Lipinski definition) is 1. The third-order valence-electron chi connectivity index (χ3n) is 0.866. The third-order valence-corrected chi connectivity index (χ3v) is 0.866. The molecule has 1 N–H and O–H groups in total. The van der Waals surface area contributed by atoms with Gasteiger partial charge in [0.1, 0.15) is 6.04 Å². The normalized spacial score (nSPS) is 11.2. The average Bonchev–Trinajstić information content (AvgIpc) is 1.87. The molecule has 0 rings (SSSR count). The zero-order valence-corrected chi connectivity index (χ0v) is 5.27. The van der Waals surface area contributed by atoms with E-state index in [1.807, 2.05) is 0 Å². The molecule has 10 heavy (non-hydrogen) atoms. The van der Waals surface area contributed by atoms with E-state index in [4.69, 9.17) is 10.6 Å². The summed E-state index contributed by atoms with van der Waals surface area (Å²) >= 11 is 0. The fraction of sp³-hybridized carbons (Fsp3) is 0.400. The summed E-state index contributed by atoms with van der Waals surface area (Å²) in [7, 11) is 0. The third kappa shape index (κ3) is 2.74. The van der Waals surface area contributed by atoms with Crippen LogP contribution in [0.1, 0.15) is 6.42 Å². The van der Waals surface area contributed by atoms with Gasteiger partial charge in [0.15, 0.2) is 0 Å². The zero-order valence-electron chi connectivity index (χ0n) is 5.27. The van der Waals surface area contributed by atoms with E-state index in [2.05, 4.69) is 16.6 Å². The largest absolute Gasteiger partial charge is 0.481 e. The molecule has 1 atom stereocenters. The van der Waals surface area contributed by atoms with Crippen molar-refractivity contribution in [3.8, 4) is 0 Å². The minimum Gasteiger partial charge on any atom is -0.481 e. The molecular formula is C5H7N3O2. The molecule has 0 radical (unpaired) electrons. The lowest BCUT2D eigenvalue weighted by Gasteiger charge is -1.98. The number of carboxylic acid groups (broad SMARTS) is 1. The lowest BCUT2D eigenvalue weighted by Crippen LogP contribution is -2.15. The van der Waals surface area contributed by atoms with Crippen molar-refractivity contribution < 1.29 is 9.90 Å². The summed E-state index contributed by atoms with van der Waals surface area (Å²) in [5.74, 6) is -1.13. The van der Waals surface area contributed by atoms with Crippen LogP contribution >= 0.6 is 0 Å². The Morgan fingerprint density at radius 3 is 2.90 bits per heavy atom. The van der Waals surface area contributed by atoms with E-state index in [0.717, 1.165) is 0 Å². The predicted octanol–water partition coefficient (Wildman–Crippen LogP) is 1.33. The van der Waals surface area contributed by atoms with Crippen molar-refractivity contribution in [1.29, 1.82) is 0 Å². The van der Waals surface area contributed by atoms with Crippen LogP contribution in [0.15, 0.2) is 17.8 Å². The molecule has 0 saturated carbocycles. The van der Waals surface area contributed by atoms with E-state index in [-0.39, 0.29) is 6.42 Å². The van der Waals surface area contributed by atoms with Crippen molar-refractivity contribution in [2.45, 2.75) is 12.5 Å². The van der Waals surface area contributed by atoms with E-state index in [0.29, 0.717) is 0 Å². The number of aliphatic carboxylic acids is 1. The molecule has 0 aromatic rings. The van der Waals surface area contributed by atoms with Gasteiger partial charge in [0, 0.05) is 4.91 Å². The highest BCUT2D eigenvalue weighted by Crippen LogP contribution is 1.98. The van der Waals surface area contributed by atoms with Crippen molar-refractivity contribution in [2.75, 3.05) is 0 Å². The van der Waals surface area contributed by atoms with Crippen LogP contribution in [0.5, 0.6) is 0 Å². The summed E-state index contributed by atoms with van der Waals surface area (Å²) in [5.41, 5.74) is 7.87. The topological polar surface area (TPSA) is 86.1 Å². The van der Waals surface area contributed by atoms with Crippen molar-refractivity contribution in [1.82, 2.24) is 0 Å². The lowest BCUT2D eigenvalue weighted by atomic mass is 10.2. The first-order valence-electron chi connectivity index (χ1n) is 2.60. The Morgan fingerprint density at radius 2 is 2.60 bits per heavy atom. The molecule has 0 bridgehead atoms. The predicted molar refractivity (Wildman–Crippen MR) is 35.4 cm³/mol. The van der Waals surface area contributed by atoms with E-state index in [1.165, 1.54) is 6.08 Å². The highest BCUT2D eigenvalue weighted by atomic mass is 16.4. The fourth-order valence-corrected chi connectivity index (χ4v) is 0.418. The quantitative estimate of drug-likeness (QED) is 0.277. The molecule has 0 saturated heterocycles. The van der Waals surface area contributed by atoms with Gasteiger partial charge in [-0.15, -0.1) is 6.58 Å². The summed E-state index contributed by atoms with van der Waals surface area (Å²) in [5, 5.41) is 11.3. The smallest absolute Gasteiger partial charge is 0.312 e. The minimum absolute atomic E-state index is 0.166. The molecule has 0 fully saturated rings. The molecule has 5 heteroatoms. The molecule has 5 nitrogen and oxygen atoms in total. The van der Waals surface area contributed by atoms with Crippen LogP contribution in [-0.4, -0.2) is 17.1 Å². The molecule has 0 heterocycles. The number of hydrogen-bond acceptors (Lipinski definition) is 2. The second-order valence-corrected chi connectivity index (χ2v) is 1.58. The van der Waals surface area contributed by atoms with Gasteiger partial charge in [-0.1, -0.05) is 11.2 Å². The number of azide groups is 1. The molecule has 0 aliphatic rings. The monoisotopic (exact) mass is 141 g/mol. The SMILES string of the molecule is C=CCC(N=[N+]=[N-])C(=O)O. The number of nitrogens with zero attached hydrogens (tertiary/aromatic N) is 3. The van der Waals surface area contributed by atoms with Crippen LogP contribution in [-0.2, 0) is 4.79 Å². The van der Waals surface area contributed by atoms with Gasteiger partial charge in [-0.3, -0.25) is 4.79 Å². The molecule has 0 aromatic heterocycles. The Hall–Kier alpha value is -1.48. The summed E-state index contributed by atoms with van der Waals surface area (Å²) in [6.45, 7) is 3.32. The lowest BCUT2D eigenvalue weighted by molar-refractivity contribution is -0.138. The van der Waals surface area contributed by atoms with Crippen molar-refractivity contribution in [3.05, 3.63) is 23.1 Å². The van der Waals surface area contributed by atoms with Gasteiger partial charge in [-0.25, -0.2) is 0 Å². The first kappa shape index (κ1) is 8.52. The minimum atomic E-state index is -1.13. The maximum absolute atomic E-state index is 10.2. The number of rotatable bonds is 4. The van der Waals surface area contributed by atoms with Crippen LogP contribution in [0.2, 0.25) is 0 Å². The van der Waals surface area contributed by atoms with Crippen LogP contribution in [0, 0.1) is 0 Å². The van der Waals surface area contributed by atoms with Crippen molar-refractivity contribution in [2.24, 2.45) is 5.11 Å². The Morgan fingerprint density at radius 1 is 2.00 bits per heavy atom. The van der Waals surface area contributed by atoms with E-state index >= 15 is 0 Å². The van der Waals surface area contributed by atoms with Crippen molar-refractivity contribution in [3.63, 3.8) is 0 Å². The maximum Gasteiger partial charge on any atom is 0.312 e. The van der Waals surface area contributed by atoms with E-state index < -0.39 is 12.0 Å².